The molecule has 2 heterocycles. The fourth-order valence-electron chi connectivity index (χ4n) is 4.17. The molecule has 0 amide bonds. The molecule has 2 fully saturated rings. The molecule has 2 aliphatic rings. The number of rotatable bonds is 11. The van der Waals surface area contributed by atoms with Crippen molar-refractivity contribution in [1.82, 2.24) is 15.5 Å². The van der Waals surface area contributed by atoms with Crippen LogP contribution in [-0.2, 0) is 6.54 Å². The summed E-state index contributed by atoms with van der Waals surface area (Å²) in [5.41, 5.74) is 1.29. The van der Waals surface area contributed by atoms with E-state index >= 15 is 0 Å². The van der Waals surface area contributed by atoms with Gasteiger partial charge in [0.15, 0.2) is 0 Å². The molecule has 0 bridgehead atoms. The molecular weight excluding hydrogens is 322 g/mol. The quantitative estimate of drug-likeness (QED) is 0.594. The molecule has 0 aromatic heterocycles. The van der Waals surface area contributed by atoms with E-state index < -0.39 is 0 Å². The lowest BCUT2D eigenvalue weighted by Gasteiger charge is -2.22. The van der Waals surface area contributed by atoms with Crippen LogP contribution in [0.5, 0.6) is 5.75 Å². The number of para-hydroxylation sites is 1. The SMILES string of the molecule is c1ccc(OCCCC2CCCNC2)c(CNCCCN2CCCC2)c1. The second-order valence-corrected chi connectivity index (χ2v) is 7.89. The van der Waals surface area contributed by atoms with Crippen LogP contribution >= 0.6 is 0 Å². The summed E-state index contributed by atoms with van der Waals surface area (Å²) in [6.45, 7) is 9.05. The zero-order valence-electron chi connectivity index (χ0n) is 16.3. The molecule has 2 N–H and O–H groups in total. The van der Waals surface area contributed by atoms with E-state index in [0.717, 1.165) is 37.8 Å². The van der Waals surface area contributed by atoms with Crippen LogP contribution in [-0.4, -0.2) is 50.8 Å². The van der Waals surface area contributed by atoms with Crippen molar-refractivity contribution < 1.29 is 4.74 Å². The molecule has 1 unspecified atom stereocenters. The Bertz CT molecular complexity index is 496. The van der Waals surface area contributed by atoms with Gasteiger partial charge in [-0.25, -0.2) is 0 Å². The number of nitrogens with one attached hydrogen (secondary N) is 2. The zero-order chi connectivity index (χ0) is 17.9. The van der Waals surface area contributed by atoms with Gasteiger partial charge in [-0.15, -0.1) is 0 Å². The normalized spacial score (nSPS) is 21.2. The van der Waals surface area contributed by atoms with Gasteiger partial charge in [0.2, 0.25) is 0 Å². The van der Waals surface area contributed by atoms with E-state index in [1.165, 1.54) is 76.8 Å². The maximum Gasteiger partial charge on any atom is 0.123 e. The highest BCUT2D eigenvalue weighted by molar-refractivity contribution is 5.33. The van der Waals surface area contributed by atoms with Gasteiger partial charge in [-0.2, -0.15) is 0 Å². The molecule has 146 valence electrons. The van der Waals surface area contributed by atoms with Gasteiger partial charge in [-0.05, 0) is 96.2 Å². The Kier molecular flexibility index (Phi) is 8.75. The maximum absolute atomic E-state index is 6.10. The highest BCUT2D eigenvalue weighted by atomic mass is 16.5. The molecule has 0 saturated carbocycles. The molecule has 2 aliphatic heterocycles. The maximum atomic E-state index is 6.10. The number of nitrogens with zero attached hydrogens (tertiary/aromatic N) is 1. The summed E-state index contributed by atoms with van der Waals surface area (Å²) in [6.07, 6.45) is 9.15. The summed E-state index contributed by atoms with van der Waals surface area (Å²) >= 11 is 0. The molecule has 3 rings (SSSR count). The predicted molar refractivity (Wildman–Crippen MR) is 109 cm³/mol. The molecule has 1 aromatic carbocycles. The van der Waals surface area contributed by atoms with Gasteiger partial charge in [0.25, 0.3) is 0 Å². The molecule has 4 heteroatoms. The van der Waals surface area contributed by atoms with Crippen molar-refractivity contribution in [3.05, 3.63) is 29.8 Å². The number of ether oxygens (including phenoxy) is 1. The van der Waals surface area contributed by atoms with Gasteiger partial charge in [-0.1, -0.05) is 18.2 Å². The van der Waals surface area contributed by atoms with E-state index in [1.54, 1.807) is 0 Å². The first-order chi connectivity index (χ1) is 12.9. The Hall–Kier alpha value is -1.10. The minimum atomic E-state index is 0.836. The summed E-state index contributed by atoms with van der Waals surface area (Å²) in [7, 11) is 0. The van der Waals surface area contributed by atoms with Gasteiger partial charge in [0.1, 0.15) is 5.75 Å². The standard InChI is InChI=1S/C22H37N3O/c1-2-11-22(26-17-6-9-20-8-5-12-23-18-20)21(10-1)19-24-13-7-16-25-14-3-4-15-25/h1-2,10-11,20,23-24H,3-9,12-19H2. The van der Waals surface area contributed by atoms with Crippen molar-refractivity contribution in [3.8, 4) is 5.75 Å². The van der Waals surface area contributed by atoms with Crippen molar-refractivity contribution in [2.24, 2.45) is 5.92 Å². The number of likely N-dealkylation sites (tertiary alicyclic amines) is 1. The lowest BCUT2D eigenvalue weighted by molar-refractivity contribution is 0.273. The highest BCUT2D eigenvalue weighted by Gasteiger charge is 2.13. The second kappa shape index (κ2) is 11.6. The Balaban J connectivity index is 1.30. The summed E-state index contributed by atoms with van der Waals surface area (Å²) in [4.78, 5) is 2.58. The average Bonchev–Trinajstić information content (AvgIpc) is 3.20. The fourth-order valence-corrected chi connectivity index (χ4v) is 4.17. The van der Waals surface area contributed by atoms with Crippen LogP contribution in [0.2, 0.25) is 0 Å². The third-order valence-corrected chi connectivity index (χ3v) is 5.73. The van der Waals surface area contributed by atoms with Crippen LogP contribution < -0.4 is 15.4 Å². The van der Waals surface area contributed by atoms with Crippen LogP contribution in [0, 0.1) is 5.92 Å². The Morgan fingerprint density at radius 3 is 2.85 bits per heavy atom. The Morgan fingerprint density at radius 1 is 1.12 bits per heavy atom. The smallest absolute Gasteiger partial charge is 0.123 e. The molecule has 1 aromatic rings. The van der Waals surface area contributed by atoms with Gasteiger partial charge < -0.3 is 20.3 Å². The molecule has 2 saturated heterocycles. The van der Waals surface area contributed by atoms with E-state index in [4.69, 9.17) is 4.74 Å². The zero-order valence-corrected chi connectivity index (χ0v) is 16.3. The molecule has 4 nitrogen and oxygen atoms in total. The first-order valence-electron chi connectivity index (χ1n) is 10.8. The topological polar surface area (TPSA) is 36.5 Å². The second-order valence-electron chi connectivity index (χ2n) is 7.89. The van der Waals surface area contributed by atoms with Crippen molar-refractivity contribution in [2.45, 2.75) is 51.5 Å². The fraction of sp³-hybridized carbons (Fsp3) is 0.727. The third kappa shape index (κ3) is 6.90. The summed E-state index contributed by atoms with van der Waals surface area (Å²) in [6, 6.07) is 8.50. The van der Waals surface area contributed by atoms with Crippen molar-refractivity contribution >= 4 is 0 Å². The molecule has 0 radical (unpaired) electrons. The largest absolute Gasteiger partial charge is 0.493 e. The summed E-state index contributed by atoms with van der Waals surface area (Å²) in [5, 5.41) is 7.09. The number of benzene rings is 1. The van der Waals surface area contributed by atoms with E-state index in [9.17, 15) is 0 Å². The lowest BCUT2D eigenvalue weighted by atomic mass is 9.95. The third-order valence-electron chi connectivity index (χ3n) is 5.73. The van der Waals surface area contributed by atoms with Crippen LogP contribution in [0.3, 0.4) is 0 Å². The van der Waals surface area contributed by atoms with Crippen LogP contribution in [0.15, 0.2) is 24.3 Å². The molecular formula is C22H37N3O. The van der Waals surface area contributed by atoms with Gasteiger partial charge >= 0.3 is 0 Å². The van der Waals surface area contributed by atoms with Gasteiger partial charge in [-0.3, -0.25) is 0 Å². The number of hydrogen-bond donors (Lipinski definition) is 2. The van der Waals surface area contributed by atoms with E-state index in [-0.39, 0.29) is 0 Å². The first-order valence-corrected chi connectivity index (χ1v) is 10.8. The van der Waals surface area contributed by atoms with Crippen LogP contribution in [0.1, 0.15) is 50.5 Å². The minimum Gasteiger partial charge on any atom is -0.493 e. The highest BCUT2D eigenvalue weighted by Crippen LogP contribution is 2.20. The lowest BCUT2D eigenvalue weighted by Crippen LogP contribution is -2.29. The molecule has 26 heavy (non-hydrogen) atoms. The van der Waals surface area contributed by atoms with Gasteiger partial charge in [0.05, 0.1) is 6.61 Å². The van der Waals surface area contributed by atoms with E-state index in [2.05, 4.69) is 39.8 Å². The summed E-state index contributed by atoms with van der Waals surface area (Å²) in [5.74, 6) is 1.90. The van der Waals surface area contributed by atoms with Gasteiger partial charge in [0, 0.05) is 12.1 Å². The Labute approximate surface area is 159 Å². The van der Waals surface area contributed by atoms with Crippen molar-refractivity contribution in [2.75, 3.05) is 45.9 Å². The van der Waals surface area contributed by atoms with Crippen LogP contribution in [0.4, 0.5) is 0 Å². The number of piperidine rings is 1. The summed E-state index contributed by atoms with van der Waals surface area (Å²) < 4.78 is 6.10. The van der Waals surface area contributed by atoms with E-state index in [0.29, 0.717) is 0 Å². The predicted octanol–water partition coefficient (Wildman–Crippen LogP) is 3.42. The van der Waals surface area contributed by atoms with Crippen LogP contribution in [0.25, 0.3) is 0 Å². The molecule has 0 spiro atoms. The molecule has 1 atom stereocenters. The van der Waals surface area contributed by atoms with Crippen molar-refractivity contribution in [3.63, 3.8) is 0 Å². The minimum absolute atomic E-state index is 0.836. The average molecular weight is 360 g/mol. The first kappa shape index (κ1) is 19.7. The Morgan fingerprint density at radius 2 is 2.00 bits per heavy atom. The number of hydrogen-bond acceptors (Lipinski definition) is 4. The van der Waals surface area contributed by atoms with E-state index in [1.807, 2.05) is 0 Å². The van der Waals surface area contributed by atoms with Crippen molar-refractivity contribution in [1.29, 1.82) is 0 Å². The molecule has 0 aliphatic carbocycles. The monoisotopic (exact) mass is 359 g/mol.